The summed E-state index contributed by atoms with van der Waals surface area (Å²) in [4.78, 5) is 54.1. The summed E-state index contributed by atoms with van der Waals surface area (Å²) in [5, 5.41) is 2.89. The van der Waals surface area contributed by atoms with Crippen LogP contribution in [0.2, 0.25) is 0 Å². The van der Waals surface area contributed by atoms with Crippen LogP contribution in [0.5, 0.6) is 0 Å². The zero-order valence-corrected chi connectivity index (χ0v) is 47.4. The van der Waals surface area contributed by atoms with Crippen molar-refractivity contribution in [2.45, 2.75) is 284 Å². The maximum atomic E-state index is 13.4. The minimum Gasteiger partial charge on any atom is -0.462 e. The molecule has 0 rings (SSSR count). The molecule has 0 aliphatic rings. The number of ether oxygens (including phenoxy) is 4. The molecule has 10 nitrogen and oxygen atoms in total. The van der Waals surface area contributed by atoms with Gasteiger partial charge < -0.3 is 29.2 Å². The molecule has 72 heavy (non-hydrogen) atoms. The lowest BCUT2D eigenvalue weighted by Gasteiger charge is -2.21. The van der Waals surface area contributed by atoms with Crippen molar-refractivity contribution in [2.24, 2.45) is 0 Å². The van der Waals surface area contributed by atoms with E-state index in [0.29, 0.717) is 19.4 Å². The number of esters is 3. The minimum atomic E-state index is -0.927. The Balaban J connectivity index is 5.12. The average molecular weight is 1010 g/mol. The van der Waals surface area contributed by atoms with E-state index in [1.54, 1.807) is 0 Å². The van der Waals surface area contributed by atoms with Gasteiger partial charge in [0.2, 0.25) is 0 Å². The normalized spacial score (nSPS) is 12.3. The van der Waals surface area contributed by atoms with Crippen LogP contribution in [0, 0.1) is 0 Å². The van der Waals surface area contributed by atoms with Crippen LogP contribution < -0.4 is 5.32 Å². The van der Waals surface area contributed by atoms with E-state index >= 15 is 0 Å². The van der Waals surface area contributed by atoms with Crippen molar-refractivity contribution in [3.8, 4) is 0 Å². The topological polar surface area (TPSA) is 120 Å². The van der Waals surface area contributed by atoms with Crippen molar-refractivity contribution >= 4 is 24.0 Å². The van der Waals surface area contributed by atoms with Gasteiger partial charge in [0.1, 0.15) is 19.3 Å². The summed E-state index contributed by atoms with van der Waals surface area (Å²) >= 11 is 0. The van der Waals surface area contributed by atoms with Gasteiger partial charge >= 0.3 is 24.0 Å². The van der Waals surface area contributed by atoms with Gasteiger partial charge in [-0.05, 0) is 109 Å². The van der Waals surface area contributed by atoms with E-state index in [1.807, 2.05) is 0 Å². The Labute approximate surface area is 443 Å². The largest absolute Gasteiger partial charge is 0.462 e. The van der Waals surface area contributed by atoms with Gasteiger partial charge in [0.25, 0.3) is 0 Å². The second-order valence-electron chi connectivity index (χ2n) is 19.9. The van der Waals surface area contributed by atoms with Gasteiger partial charge in [-0.1, -0.05) is 205 Å². The number of nitrogens with zero attached hydrogens (tertiary/aromatic N) is 1. The van der Waals surface area contributed by atoms with Gasteiger partial charge in [-0.25, -0.2) is 4.79 Å². The number of rotatable bonds is 53. The van der Waals surface area contributed by atoms with Crippen LogP contribution in [0.1, 0.15) is 272 Å². The number of amides is 1. The molecular weight excluding hydrogens is 901 g/mol. The van der Waals surface area contributed by atoms with Crippen molar-refractivity contribution in [1.29, 1.82) is 0 Å². The molecule has 0 aliphatic carbocycles. The van der Waals surface area contributed by atoms with E-state index < -0.39 is 24.3 Å². The summed E-state index contributed by atoms with van der Waals surface area (Å²) in [6.45, 7) is 13.6. The van der Waals surface area contributed by atoms with Crippen LogP contribution in [0.15, 0.2) is 48.6 Å². The number of alkyl carbamates (subject to hydrolysis) is 1. The van der Waals surface area contributed by atoms with E-state index in [-0.39, 0.29) is 44.4 Å². The van der Waals surface area contributed by atoms with Crippen molar-refractivity contribution < 1.29 is 38.1 Å². The van der Waals surface area contributed by atoms with Gasteiger partial charge in [0.15, 0.2) is 6.10 Å². The number of nitrogens with one attached hydrogen (secondary N) is 1. The molecule has 0 fully saturated rings. The molecule has 0 saturated heterocycles. The highest BCUT2D eigenvalue weighted by Crippen LogP contribution is 2.18. The number of unbranched alkanes of at least 4 members (excludes halogenated alkanes) is 25. The fourth-order valence-corrected chi connectivity index (χ4v) is 8.49. The van der Waals surface area contributed by atoms with Crippen LogP contribution in [-0.2, 0) is 33.3 Å². The minimum absolute atomic E-state index is 0.0193. The SMILES string of the molecule is CCCCC/C=C\C/C=C\CCCCCCCC(=O)OCC(COC(=O)CCCCCCC/C=C\C/C=C\CCCCC)OC(=O)CCC(CCCCCCCCCCCC)OC(=O)NCCN(CC)CC. The molecule has 0 aliphatic heterocycles. The van der Waals surface area contributed by atoms with Crippen molar-refractivity contribution in [3.63, 3.8) is 0 Å². The van der Waals surface area contributed by atoms with E-state index in [0.717, 1.165) is 129 Å². The lowest BCUT2D eigenvalue weighted by molar-refractivity contribution is -0.167. The maximum absolute atomic E-state index is 13.4. The zero-order valence-electron chi connectivity index (χ0n) is 47.4. The number of hydrogen-bond donors (Lipinski definition) is 1. The molecule has 1 N–H and O–H groups in total. The van der Waals surface area contributed by atoms with E-state index in [2.05, 4.69) is 93.4 Å². The Hall–Kier alpha value is -3.40. The zero-order chi connectivity index (χ0) is 52.6. The highest BCUT2D eigenvalue weighted by Gasteiger charge is 2.22. The first-order valence-electron chi connectivity index (χ1n) is 30.1. The Morgan fingerprint density at radius 3 is 1.24 bits per heavy atom. The maximum Gasteiger partial charge on any atom is 0.407 e. The van der Waals surface area contributed by atoms with E-state index in [9.17, 15) is 19.2 Å². The Bertz CT molecular complexity index is 1300. The third-order valence-electron chi connectivity index (χ3n) is 13.2. The van der Waals surface area contributed by atoms with E-state index in [1.165, 1.54) is 96.3 Å². The molecule has 1 amide bonds. The summed E-state index contributed by atoms with van der Waals surface area (Å²) in [5.41, 5.74) is 0. The van der Waals surface area contributed by atoms with Gasteiger partial charge in [-0.2, -0.15) is 0 Å². The third kappa shape index (κ3) is 50.1. The number of allylic oxidation sites excluding steroid dienone is 8. The first kappa shape index (κ1) is 68.6. The molecule has 0 saturated carbocycles. The Morgan fingerprint density at radius 1 is 0.403 bits per heavy atom. The smallest absolute Gasteiger partial charge is 0.407 e. The van der Waals surface area contributed by atoms with Gasteiger partial charge in [-0.3, -0.25) is 14.4 Å². The van der Waals surface area contributed by atoms with Crippen LogP contribution >= 0.6 is 0 Å². The molecule has 10 heteroatoms. The fraction of sp³-hybridized carbons (Fsp3) is 0.806. The molecule has 0 heterocycles. The quantitative estimate of drug-likeness (QED) is 0.0275. The average Bonchev–Trinajstić information content (AvgIpc) is 3.38. The predicted molar refractivity (Wildman–Crippen MR) is 302 cm³/mol. The van der Waals surface area contributed by atoms with Gasteiger partial charge in [0, 0.05) is 32.4 Å². The molecular formula is C62H112N2O8. The van der Waals surface area contributed by atoms with Gasteiger partial charge in [0.05, 0.1) is 0 Å². The number of likely N-dealkylation sites (N-methyl/N-ethyl adjacent to an activating group) is 1. The van der Waals surface area contributed by atoms with Crippen LogP contribution in [-0.4, -0.2) is 80.5 Å². The van der Waals surface area contributed by atoms with Crippen molar-refractivity contribution in [2.75, 3.05) is 39.4 Å². The van der Waals surface area contributed by atoms with Crippen LogP contribution in [0.3, 0.4) is 0 Å². The van der Waals surface area contributed by atoms with Crippen LogP contribution in [0.25, 0.3) is 0 Å². The lowest BCUT2D eigenvalue weighted by atomic mass is 10.0. The second-order valence-corrected chi connectivity index (χ2v) is 19.9. The molecule has 0 aromatic heterocycles. The fourth-order valence-electron chi connectivity index (χ4n) is 8.49. The van der Waals surface area contributed by atoms with Crippen molar-refractivity contribution in [1.82, 2.24) is 10.2 Å². The first-order valence-corrected chi connectivity index (χ1v) is 30.1. The second kappa shape index (κ2) is 55.4. The Kier molecular flexibility index (Phi) is 52.7. The van der Waals surface area contributed by atoms with E-state index in [4.69, 9.17) is 18.9 Å². The highest BCUT2D eigenvalue weighted by molar-refractivity contribution is 5.71. The molecule has 0 bridgehead atoms. The van der Waals surface area contributed by atoms with Crippen LogP contribution in [0.4, 0.5) is 4.79 Å². The molecule has 0 spiro atoms. The lowest BCUT2D eigenvalue weighted by Crippen LogP contribution is -2.36. The monoisotopic (exact) mass is 1010 g/mol. The third-order valence-corrected chi connectivity index (χ3v) is 13.2. The first-order chi connectivity index (χ1) is 35.3. The van der Waals surface area contributed by atoms with Crippen molar-refractivity contribution in [3.05, 3.63) is 48.6 Å². The molecule has 0 radical (unpaired) electrons. The molecule has 0 aromatic rings. The number of carbonyl (C=O) groups excluding carboxylic acids is 4. The highest BCUT2D eigenvalue weighted by atomic mass is 16.6. The standard InChI is InChI=1S/C62H112N2O8/c1-6-11-14-17-20-23-26-28-30-32-34-37-40-43-46-49-59(65)69-55-58(56-70-60(66)50-47-44-41-38-35-33-31-29-27-24-21-18-15-12-7-2)71-61(67)52-51-57(72-62(68)63-53-54-64(9-4)10-5)48-45-42-39-36-25-22-19-16-13-8-3/h20-21,23-24,28-31,57-58H,6-19,22,25-27,32-56H2,1-5H3,(H,63,68)/b23-20-,24-21-,30-28-,31-29-. The molecule has 1 unspecified atom stereocenters. The molecule has 418 valence electrons. The predicted octanol–water partition coefficient (Wildman–Crippen LogP) is 17.1. The molecule has 0 aromatic carbocycles. The number of carbonyl (C=O) groups is 4. The summed E-state index contributed by atoms with van der Waals surface area (Å²) in [5.74, 6) is -1.21. The Morgan fingerprint density at radius 2 is 0.792 bits per heavy atom. The van der Waals surface area contributed by atoms with Gasteiger partial charge in [-0.15, -0.1) is 0 Å². The molecule has 1 atom stereocenters. The number of hydrogen-bond acceptors (Lipinski definition) is 9. The summed E-state index contributed by atoms with van der Waals surface area (Å²) in [6, 6.07) is 0. The summed E-state index contributed by atoms with van der Waals surface area (Å²) < 4.78 is 22.9. The summed E-state index contributed by atoms with van der Waals surface area (Å²) in [7, 11) is 0. The summed E-state index contributed by atoms with van der Waals surface area (Å²) in [6.07, 6.45) is 54.1.